The van der Waals surface area contributed by atoms with Gasteiger partial charge in [0.2, 0.25) is 5.69 Å². The van der Waals surface area contributed by atoms with E-state index in [9.17, 15) is 14.6 Å². The molecule has 1 aromatic rings. The molecule has 102 valence electrons. The zero-order chi connectivity index (χ0) is 14.0. The second-order valence-corrected chi connectivity index (χ2v) is 4.63. The van der Waals surface area contributed by atoms with Gasteiger partial charge in [-0.2, -0.15) is 0 Å². The Morgan fingerprint density at radius 3 is 2.95 bits per heavy atom. The summed E-state index contributed by atoms with van der Waals surface area (Å²) in [4.78, 5) is 3.02. The van der Waals surface area contributed by atoms with Gasteiger partial charge in [-0.3, -0.25) is 0 Å². The molecule has 0 radical (unpaired) electrons. The number of benzene rings is 1. The average molecular weight is 266 g/mol. The monoisotopic (exact) mass is 266 g/mol. The van der Waals surface area contributed by atoms with Gasteiger partial charge in [-0.05, 0) is 19.1 Å². The van der Waals surface area contributed by atoms with Crippen LogP contribution < -0.4 is 10.1 Å². The van der Waals surface area contributed by atoms with Crippen LogP contribution in [-0.2, 0) is 0 Å². The summed E-state index contributed by atoms with van der Waals surface area (Å²) in [5, 5.41) is 22.8. The van der Waals surface area contributed by atoms with Gasteiger partial charge in [0, 0.05) is 19.2 Å². The van der Waals surface area contributed by atoms with E-state index in [4.69, 9.17) is 11.3 Å². The first-order valence-corrected chi connectivity index (χ1v) is 5.92. The summed E-state index contributed by atoms with van der Waals surface area (Å²) >= 11 is 0. The van der Waals surface area contributed by atoms with Crippen LogP contribution >= 0.6 is 0 Å². The first-order valence-electron chi connectivity index (χ1n) is 5.92. The van der Waals surface area contributed by atoms with E-state index < -0.39 is 23.6 Å². The van der Waals surface area contributed by atoms with Crippen molar-refractivity contribution < 1.29 is 19.3 Å². The Kier molecular flexibility index (Phi) is 3.71. The molecule has 1 aromatic carbocycles. The number of ether oxygens (including phenoxy) is 1. The first-order chi connectivity index (χ1) is 8.97. The zero-order valence-electron chi connectivity index (χ0n) is 10.4. The molecule has 1 heterocycles. The molecule has 19 heavy (non-hydrogen) atoms. The summed E-state index contributed by atoms with van der Waals surface area (Å²) in [6.07, 6.45) is -1.65. The molecule has 3 N–H and O–H groups in total. The van der Waals surface area contributed by atoms with Crippen molar-refractivity contribution in [2.45, 2.75) is 24.7 Å². The molecule has 1 aliphatic rings. The molecule has 0 bridgehead atoms. The van der Waals surface area contributed by atoms with Crippen LogP contribution in [0.5, 0.6) is 5.75 Å². The minimum absolute atomic E-state index is 0.0808. The molecule has 1 aliphatic heterocycles. The van der Waals surface area contributed by atoms with Gasteiger partial charge in [-0.15, -0.1) is 0 Å². The Hall–Kier alpha value is -1.68. The van der Waals surface area contributed by atoms with Crippen molar-refractivity contribution in [3.8, 4) is 5.75 Å². The van der Waals surface area contributed by atoms with Gasteiger partial charge in [-0.1, -0.05) is 0 Å². The number of aliphatic hydroxyl groups is 2. The third-order valence-electron chi connectivity index (χ3n) is 3.34. The number of hydrogen-bond acceptors (Lipinski definition) is 4. The van der Waals surface area contributed by atoms with E-state index in [0.717, 1.165) is 6.07 Å². The summed E-state index contributed by atoms with van der Waals surface area (Å²) in [6, 6.07) is 3.90. The Morgan fingerprint density at radius 1 is 1.63 bits per heavy atom. The summed E-state index contributed by atoms with van der Waals surface area (Å²) < 4.78 is 19.0. The standard InChI is InChI=1S/C13H15FN2O3/c1-8(17)13(18)7-16-6-12(13)19-9-3-4-11(15-2)10(14)5-9/h3-5,8,12,16-18H,6-7H2,1H3/t8-,12-,13+/m0/s1. The lowest BCUT2D eigenvalue weighted by molar-refractivity contribution is -0.103. The van der Waals surface area contributed by atoms with Crippen molar-refractivity contribution in [1.82, 2.24) is 5.32 Å². The van der Waals surface area contributed by atoms with Gasteiger partial charge in [0.1, 0.15) is 23.3 Å². The quantitative estimate of drug-likeness (QED) is 0.709. The number of aliphatic hydroxyl groups excluding tert-OH is 1. The molecule has 0 saturated carbocycles. The Balaban J connectivity index is 2.18. The number of nitrogens with zero attached hydrogens (tertiary/aromatic N) is 1. The van der Waals surface area contributed by atoms with Gasteiger partial charge < -0.3 is 20.3 Å². The van der Waals surface area contributed by atoms with E-state index in [0.29, 0.717) is 6.54 Å². The van der Waals surface area contributed by atoms with Crippen LogP contribution in [-0.4, -0.2) is 41.1 Å². The van der Waals surface area contributed by atoms with Crippen molar-refractivity contribution in [3.63, 3.8) is 0 Å². The van der Waals surface area contributed by atoms with E-state index in [2.05, 4.69) is 10.2 Å². The Labute approximate surface area is 110 Å². The fourth-order valence-corrected chi connectivity index (χ4v) is 2.07. The maximum absolute atomic E-state index is 13.5. The largest absolute Gasteiger partial charge is 0.486 e. The van der Waals surface area contributed by atoms with Crippen molar-refractivity contribution >= 4 is 5.69 Å². The molecule has 1 saturated heterocycles. The zero-order valence-corrected chi connectivity index (χ0v) is 10.4. The number of halogens is 1. The molecule has 0 aromatic heterocycles. The van der Waals surface area contributed by atoms with Crippen molar-refractivity contribution in [2.75, 3.05) is 13.1 Å². The first kappa shape index (κ1) is 13.7. The summed E-state index contributed by atoms with van der Waals surface area (Å²) in [6.45, 7) is 8.80. The maximum atomic E-state index is 13.5. The van der Waals surface area contributed by atoms with Crippen LogP contribution in [0.4, 0.5) is 10.1 Å². The highest BCUT2D eigenvalue weighted by molar-refractivity contribution is 5.48. The lowest BCUT2D eigenvalue weighted by Gasteiger charge is -2.31. The second-order valence-electron chi connectivity index (χ2n) is 4.63. The number of hydrogen-bond donors (Lipinski definition) is 3. The molecule has 0 spiro atoms. The van der Waals surface area contributed by atoms with E-state index in [1.165, 1.54) is 19.1 Å². The third kappa shape index (κ3) is 2.54. The molecule has 1 fully saturated rings. The Bertz CT molecular complexity index is 515. The van der Waals surface area contributed by atoms with Gasteiger partial charge in [-0.25, -0.2) is 9.24 Å². The van der Waals surface area contributed by atoms with Crippen molar-refractivity contribution in [1.29, 1.82) is 0 Å². The van der Waals surface area contributed by atoms with Crippen LogP contribution in [0.2, 0.25) is 0 Å². The van der Waals surface area contributed by atoms with Gasteiger partial charge in [0.15, 0.2) is 0 Å². The van der Waals surface area contributed by atoms with Gasteiger partial charge >= 0.3 is 0 Å². The highest BCUT2D eigenvalue weighted by Gasteiger charge is 2.47. The second kappa shape index (κ2) is 5.13. The lowest BCUT2D eigenvalue weighted by Crippen LogP contribution is -2.53. The predicted octanol–water partition coefficient (Wildman–Crippen LogP) is 0.839. The fourth-order valence-electron chi connectivity index (χ4n) is 2.07. The molecule has 5 nitrogen and oxygen atoms in total. The van der Waals surface area contributed by atoms with E-state index >= 15 is 0 Å². The molecule has 6 heteroatoms. The van der Waals surface area contributed by atoms with E-state index in [1.54, 1.807) is 0 Å². The van der Waals surface area contributed by atoms with Crippen LogP contribution in [0.3, 0.4) is 0 Å². The van der Waals surface area contributed by atoms with Crippen molar-refractivity contribution in [2.24, 2.45) is 0 Å². The summed E-state index contributed by atoms with van der Waals surface area (Å²) in [5.74, 6) is -0.447. The van der Waals surface area contributed by atoms with Crippen LogP contribution in [0.25, 0.3) is 4.85 Å². The Morgan fingerprint density at radius 2 is 2.37 bits per heavy atom. The highest BCUT2D eigenvalue weighted by Crippen LogP contribution is 2.28. The van der Waals surface area contributed by atoms with Gasteiger partial charge in [0.05, 0.1) is 12.7 Å². The van der Waals surface area contributed by atoms with Crippen LogP contribution in [0, 0.1) is 12.4 Å². The highest BCUT2D eigenvalue weighted by atomic mass is 19.1. The third-order valence-corrected chi connectivity index (χ3v) is 3.34. The molecular formula is C13H15FN2O3. The minimum atomic E-state index is -1.41. The number of rotatable bonds is 3. The smallest absolute Gasteiger partial charge is 0.222 e. The van der Waals surface area contributed by atoms with E-state index in [-0.39, 0.29) is 18.0 Å². The topological polar surface area (TPSA) is 66.1 Å². The summed E-state index contributed by atoms with van der Waals surface area (Å²) in [5.41, 5.74) is -1.49. The minimum Gasteiger partial charge on any atom is -0.486 e. The summed E-state index contributed by atoms with van der Waals surface area (Å²) in [7, 11) is 0. The maximum Gasteiger partial charge on any atom is 0.222 e. The lowest BCUT2D eigenvalue weighted by atomic mass is 9.94. The molecule has 2 rings (SSSR count). The molecular weight excluding hydrogens is 251 g/mol. The normalized spacial score (nSPS) is 27.8. The average Bonchev–Trinajstić information content (AvgIpc) is 2.73. The predicted molar refractivity (Wildman–Crippen MR) is 66.6 cm³/mol. The molecule has 3 atom stereocenters. The van der Waals surface area contributed by atoms with Crippen molar-refractivity contribution in [3.05, 3.63) is 35.4 Å². The number of β-amino-alcohol motifs (C(OH)–C–C–N with tert-alkyl or cyclic N) is 1. The SMILES string of the molecule is [C-]#[N+]c1ccc(O[C@H]2CNC[C@@]2(O)[C@H](C)O)cc1F. The van der Waals surface area contributed by atoms with Gasteiger partial charge in [0.25, 0.3) is 0 Å². The number of nitrogens with one attached hydrogen (secondary N) is 1. The molecule has 0 unspecified atom stereocenters. The van der Waals surface area contributed by atoms with Crippen LogP contribution in [0.1, 0.15) is 6.92 Å². The molecule has 0 aliphatic carbocycles. The van der Waals surface area contributed by atoms with E-state index in [1.807, 2.05) is 0 Å². The fraction of sp³-hybridized carbons (Fsp3) is 0.462. The van der Waals surface area contributed by atoms with Crippen LogP contribution in [0.15, 0.2) is 18.2 Å². The molecule has 0 amide bonds.